The number of aromatic nitrogens is 1. The van der Waals surface area contributed by atoms with Crippen molar-refractivity contribution in [3.05, 3.63) is 132 Å². The molecule has 0 fully saturated rings. The summed E-state index contributed by atoms with van der Waals surface area (Å²) in [4.78, 5) is 6.10. The van der Waals surface area contributed by atoms with Gasteiger partial charge in [0.1, 0.15) is 0 Å². The van der Waals surface area contributed by atoms with Crippen molar-refractivity contribution in [1.29, 1.82) is 0 Å². The fourth-order valence-electron chi connectivity index (χ4n) is 6.69. The van der Waals surface area contributed by atoms with Crippen LogP contribution in [0.15, 0.2) is 78.9 Å². The smallest absolute Gasteiger partial charge is 0.248 e. The van der Waals surface area contributed by atoms with Crippen LogP contribution in [-0.2, 0) is 0 Å². The summed E-state index contributed by atoms with van der Waals surface area (Å²) in [7, 11) is 0. The Morgan fingerprint density at radius 3 is 1.71 bits per heavy atom. The first kappa shape index (κ1) is 33.0. The Morgan fingerprint density at radius 1 is 0.551 bits per heavy atom. The first-order valence-electron chi connectivity index (χ1n) is 15.5. The summed E-state index contributed by atoms with van der Waals surface area (Å²) >= 11 is 2.20. The van der Waals surface area contributed by atoms with E-state index in [4.69, 9.17) is 0 Å². The van der Waals surface area contributed by atoms with Crippen LogP contribution in [0.5, 0.6) is 0 Å². The highest BCUT2D eigenvalue weighted by Gasteiger charge is 2.80. The van der Waals surface area contributed by atoms with Gasteiger partial charge in [-0.15, -0.1) is 22.7 Å². The molecule has 49 heavy (non-hydrogen) atoms. The molecule has 0 bridgehead atoms. The van der Waals surface area contributed by atoms with Gasteiger partial charge in [-0.05, 0) is 85.5 Å². The molecule has 0 spiro atoms. The van der Waals surface area contributed by atoms with Gasteiger partial charge in [0.25, 0.3) is 0 Å². The Bertz CT molecular complexity index is 2370. The zero-order valence-electron chi connectivity index (χ0n) is 26.8. The fourth-order valence-corrected chi connectivity index (χ4v) is 8.85. The Hall–Kier alpha value is -4.47. The quantitative estimate of drug-likeness (QED) is 0.158. The highest BCUT2D eigenvalue weighted by Crippen LogP contribution is 2.66. The number of alkyl halides is 6. The molecule has 0 atom stereocenters. The number of benzene rings is 3. The van der Waals surface area contributed by atoms with E-state index in [0.717, 1.165) is 49.9 Å². The lowest BCUT2D eigenvalue weighted by atomic mass is 9.90. The van der Waals surface area contributed by atoms with Gasteiger partial charge in [0.05, 0.1) is 11.2 Å². The largest absolute Gasteiger partial charge is 0.380 e. The van der Waals surface area contributed by atoms with Gasteiger partial charge >= 0.3 is 17.8 Å². The molecule has 3 aromatic heterocycles. The maximum atomic E-state index is 15.9. The third kappa shape index (κ3) is 5.17. The molecule has 9 heteroatoms. The van der Waals surface area contributed by atoms with Crippen LogP contribution in [0.1, 0.15) is 53.0 Å². The lowest BCUT2D eigenvalue weighted by Gasteiger charge is -2.26. The summed E-state index contributed by atoms with van der Waals surface area (Å²) in [6.07, 6.45) is 6.91. The molecular weight excluding hydrogens is 673 g/mol. The summed E-state index contributed by atoms with van der Waals surface area (Å²) in [6.45, 7) is 6.04. The van der Waals surface area contributed by atoms with Gasteiger partial charge in [0.15, 0.2) is 0 Å². The molecule has 3 heterocycles. The van der Waals surface area contributed by atoms with Gasteiger partial charge in [-0.2, -0.15) is 26.3 Å². The first-order valence-corrected chi connectivity index (χ1v) is 17.2. The SMILES string of the molecule is Cc1sc(C=Cc2ccc3ccccc3n2)c(C)c1C1=C(c2c(C)sc(C=Cc3cccc4ccccc34)c2C)C(F)(F)C(F)(F)C1(F)F. The van der Waals surface area contributed by atoms with Crippen molar-refractivity contribution in [1.82, 2.24) is 4.98 Å². The predicted octanol–water partition coefficient (Wildman–Crippen LogP) is 12.9. The van der Waals surface area contributed by atoms with Crippen LogP contribution in [0.25, 0.3) is 57.1 Å². The number of halogens is 6. The van der Waals surface area contributed by atoms with E-state index in [1.807, 2.05) is 78.9 Å². The minimum absolute atomic E-state index is 0.224. The maximum Gasteiger partial charge on any atom is 0.380 e. The number of aryl methyl sites for hydroxylation is 2. The number of nitrogens with zero attached hydrogens (tertiary/aromatic N) is 1. The van der Waals surface area contributed by atoms with E-state index in [9.17, 15) is 0 Å². The number of fused-ring (bicyclic) bond motifs is 2. The minimum Gasteiger partial charge on any atom is -0.248 e. The molecular formula is C40H29F6NS2. The zero-order chi connectivity index (χ0) is 34.9. The van der Waals surface area contributed by atoms with E-state index in [2.05, 4.69) is 4.98 Å². The van der Waals surface area contributed by atoms with Gasteiger partial charge in [-0.1, -0.05) is 72.8 Å². The molecule has 7 rings (SSSR count). The van der Waals surface area contributed by atoms with Gasteiger partial charge < -0.3 is 0 Å². The Labute approximate surface area is 287 Å². The fraction of sp³-hybridized carbons (Fsp3) is 0.175. The number of para-hydroxylation sites is 1. The van der Waals surface area contributed by atoms with E-state index >= 15 is 26.3 Å². The summed E-state index contributed by atoms with van der Waals surface area (Å²) in [6, 6.07) is 24.8. The van der Waals surface area contributed by atoms with E-state index in [-0.39, 0.29) is 32.0 Å². The van der Waals surface area contributed by atoms with Crippen LogP contribution in [0.4, 0.5) is 26.3 Å². The van der Waals surface area contributed by atoms with Crippen LogP contribution >= 0.6 is 22.7 Å². The molecule has 0 amide bonds. The number of allylic oxidation sites excluding steroid dienone is 2. The van der Waals surface area contributed by atoms with E-state index in [1.54, 1.807) is 24.3 Å². The minimum atomic E-state index is -5.64. The van der Waals surface area contributed by atoms with Crippen molar-refractivity contribution in [2.24, 2.45) is 0 Å². The summed E-state index contributed by atoms with van der Waals surface area (Å²) in [5.74, 6) is -15.9. The van der Waals surface area contributed by atoms with Gasteiger partial charge in [0, 0.05) is 47.2 Å². The lowest BCUT2D eigenvalue weighted by molar-refractivity contribution is -0.254. The van der Waals surface area contributed by atoms with Crippen LogP contribution in [0.3, 0.4) is 0 Å². The standard InChI is InChI=1S/C40H29F6NS2/c1-22-32(20-17-27-13-9-12-26-10-5-7-14-30(26)27)48-24(3)34(22)36-37(39(43,44)40(45,46)38(36,41)42)35-23(2)33(49-25(35)4)21-19-29-18-16-28-11-6-8-15-31(28)47-29/h5-21H,1-4H3. The molecule has 0 radical (unpaired) electrons. The summed E-state index contributed by atoms with van der Waals surface area (Å²) in [5.41, 5.74) is -0.453. The second kappa shape index (κ2) is 11.8. The van der Waals surface area contributed by atoms with E-state index in [0.29, 0.717) is 15.4 Å². The van der Waals surface area contributed by atoms with Crippen LogP contribution < -0.4 is 0 Å². The highest BCUT2D eigenvalue weighted by atomic mass is 32.1. The predicted molar refractivity (Wildman–Crippen MR) is 193 cm³/mol. The van der Waals surface area contributed by atoms with Crippen LogP contribution in [-0.4, -0.2) is 22.8 Å². The molecule has 3 aromatic carbocycles. The van der Waals surface area contributed by atoms with E-state index in [1.165, 1.54) is 27.7 Å². The average Bonchev–Trinajstić information content (AvgIpc) is 3.55. The highest BCUT2D eigenvalue weighted by molar-refractivity contribution is 7.13. The van der Waals surface area contributed by atoms with Crippen molar-refractivity contribution >= 4 is 79.8 Å². The van der Waals surface area contributed by atoms with Gasteiger partial charge in [-0.25, -0.2) is 4.98 Å². The van der Waals surface area contributed by atoms with Crippen molar-refractivity contribution < 1.29 is 26.3 Å². The third-order valence-electron chi connectivity index (χ3n) is 9.15. The average molecular weight is 702 g/mol. The number of hydrogen-bond donors (Lipinski definition) is 0. The molecule has 0 aliphatic heterocycles. The van der Waals surface area contributed by atoms with Crippen LogP contribution in [0.2, 0.25) is 0 Å². The Morgan fingerprint density at radius 2 is 1.08 bits per heavy atom. The maximum absolute atomic E-state index is 15.9. The number of pyridine rings is 1. The molecule has 1 nitrogen and oxygen atoms in total. The van der Waals surface area contributed by atoms with Gasteiger partial charge in [0.2, 0.25) is 0 Å². The van der Waals surface area contributed by atoms with Crippen molar-refractivity contribution in [3.63, 3.8) is 0 Å². The normalized spacial score (nSPS) is 17.0. The van der Waals surface area contributed by atoms with Crippen LogP contribution in [0, 0.1) is 27.7 Å². The lowest BCUT2D eigenvalue weighted by Crippen LogP contribution is -2.49. The monoisotopic (exact) mass is 701 g/mol. The number of rotatable bonds is 6. The molecule has 0 N–H and O–H groups in total. The molecule has 0 saturated heterocycles. The zero-order valence-corrected chi connectivity index (χ0v) is 28.5. The second-order valence-corrected chi connectivity index (χ2v) is 14.7. The third-order valence-corrected chi connectivity index (χ3v) is 11.5. The Balaban J connectivity index is 1.36. The van der Waals surface area contributed by atoms with Crippen molar-refractivity contribution in [2.45, 2.75) is 45.5 Å². The molecule has 1 aliphatic carbocycles. The van der Waals surface area contributed by atoms with Gasteiger partial charge in [-0.3, -0.25) is 0 Å². The summed E-state index contributed by atoms with van der Waals surface area (Å²) in [5, 5.41) is 2.93. The topological polar surface area (TPSA) is 12.9 Å². The van der Waals surface area contributed by atoms with Crippen molar-refractivity contribution in [3.8, 4) is 0 Å². The Kier molecular flexibility index (Phi) is 7.99. The molecule has 0 saturated carbocycles. The summed E-state index contributed by atoms with van der Waals surface area (Å²) < 4.78 is 94.5. The molecule has 248 valence electrons. The second-order valence-electron chi connectivity index (χ2n) is 12.2. The first-order chi connectivity index (χ1) is 23.2. The van der Waals surface area contributed by atoms with Crippen molar-refractivity contribution in [2.75, 3.05) is 0 Å². The molecule has 6 aromatic rings. The molecule has 0 unspecified atom stereocenters. The van der Waals surface area contributed by atoms with E-state index < -0.39 is 28.9 Å². The number of hydrogen-bond acceptors (Lipinski definition) is 3. The molecule has 1 aliphatic rings. The number of thiophene rings is 2.